The number of nitrogens with zero attached hydrogens (tertiary/aromatic N) is 3. The van der Waals surface area contributed by atoms with Crippen molar-refractivity contribution in [1.29, 1.82) is 0 Å². The molecule has 0 saturated heterocycles. The van der Waals surface area contributed by atoms with Crippen LogP contribution in [0.5, 0.6) is 0 Å². The molecule has 1 N–H and O–H groups in total. The van der Waals surface area contributed by atoms with E-state index in [0.717, 1.165) is 5.56 Å². The minimum Gasteiger partial charge on any atom is -0.351 e. The lowest BCUT2D eigenvalue weighted by atomic mass is 10.2. The molecule has 0 atom stereocenters. The number of pyridine rings is 1. The zero-order valence-electron chi connectivity index (χ0n) is 15.5. The highest BCUT2D eigenvalue weighted by molar-refractivity contribution is 7.99. The van der Waals surface area contributed by atoms with E-state index < -0.39 is 0 Å². The number of carbonyl (C=O) groups is 1. The number of thioether (sulfide) groups is 1. The fourth-order valence-electron chi connectivity index (χ4n) is 2.90. The average Bonchev–Trinajstić information content (AvgIpc) is 2.77. The molecule has 0 fully saturated rings. The molecular formula is C22H18N4O2S. The Bertz CT molecular complexity index is 1190. The number of hydrogen-bond acceptors (Lipinski definition) is 5. The number of nitrogens with one attached hydrogen (secondary N) is 1. The SMILES string of the molecule is O=C(CSc1nc2ccccc2c(=O)n1-c1cccnc1)NCc1ccccc1. The van der Waals surface area contributed by atoms with Crippen LogP contribution in [0.4, 0.5) is 0 Å². The molecule has 6 nitrogen and oxygen atoms in total. The number of amides is 1. The van der Waals surface area contributed by atoms with Gasteiger partial charge in [0.2, 0.25) is 5.91 Å². The summed E-state index contributed by atoms with van der Waals surface area (Å²) in [5, 5.41) is 3.87. The van der Waals surface area contributed by atoms with Crippen molar-refractivity contribution in [2.45, 2.75) is 11.7 Å². The zero-order valence-corrected chi connectivity index (χ0v) is 16.3. The molecule has 0 bridgehead atoms. The topological polar surface area (TPSA) is 76.9 Å². The number of fused-ring (bicyclic) bond motifs is 1. The van der Waals surface area contributed by atoms with Crippen molar-refractivity contribution >= 4 is 28.6 Å². The predicted octanol–water partition coefficient (Wildman–Crippen LogP) is 3.19. The van der Waals surface area contributed by atoms with E-state index in [1.807, 2.05) is 42.5 Å². The molecular weight excluding hydrogens is 384 g/mol. The van der Waals surface area contributed by atoms with Gasteiger partial charge in [0.25, 0.3) is 5.56 Å². The molecule has 0 aliphatic carbocycles. The van der Waals surface area contributed by atoms with E-state index in [9.17, 15) is 9.59 Å². The standard InChI is InChI=1S/C22H18N4O2S/c27-20(24-13-16-7-2-1-3-8-16)15-29-22-25-19-11-5-4-10-18(19)21(28)26(22)17-9-6-12-23-14-17/h1-12,14H,13,15H2,(H,24,27). The Balaban J connectivity index is 1.59. The van der Waals surface area contributed by atoms with Gasteiger partial charge in [-0.2, -0.15) is 0 Å². The van der Waals surface area contributed by atoms with Gasteiger partial charge >= 0.3 is 0 Å². The maximum absolute atomic E-state index is 13.1. The quantitative estimate of drug-likeness (QED) is 0.396. The molecule has 0 radical (unpaired) electrons. The maximum Gasteiger partial charge on any atom is 0.266 e. The molecule has 2 aromatic heterocycles. The summed E-state index contributed by atoms with van der Waals surface area (Å²) in [5.74, 6) is 0.0247. The van der Waals surface area contributed by atoms with Crippen LogP contribution in [0.1, 0.15) is 5.56 Å². The van der Waals surface area contributed by atoms with Gasteiger partial charge in [0.15, 0.2) is 5.16 Å². The fourth-order valence-corrected chi connectivity index (χ4v) is 3.74. The molecule has 0 saturated carbocycles. The smallest absolute Gasteiger partial charge is 0.266 e. The van der Waals surface area contributed by atoms with Gasteiger partial charge in [0.05, 0.1) is 28.5 Å². The third-order valence-corrected chi connectivity index (χ3v) is 5.25. The largest absolute Gasteiger partial charge is 0.351 e. The summed E-state index contributed by atoms with van der Waals surface area (Å²) in [4.78, 5) is 34.1. The van der Waals surface area contributed by atoms with Crippen molar-refractivity contribution in [3.05, 3.63) is 95.0 Å². The Labute approximate surface area is 171 Å². The van der Waals surface area contributed by atoms with Crippen molar-refractivity contribution < 1.29 is 4.79 Å². The van der Waals surface area contributed by atoms with Crippen LogP contribution in [0.25, 0.3) is 16.6 Å². The molecule has 1 amide bonds. The van der Waals surface area contributed by atoms with E-state index >= 15 is 0 Å². The van der Waals surface area contributed by atoms with E-state index in [4.69, 9.17) is 0 Å². The number of aromatic nitrogens is 3. The third-order valence-electron chi connectivity index (χ3n) is 4.31. The fraction of sp³-hybridized carbons (Fsp3) is 0.0909. The Morgan fingerprint density at radius 1 is 1.00 bits per heavy atom. The van der Waals surface area contributed by atoms with Gasteiger partial charge in [0, 0.05) is 12.7 Å². The van der Waals surface area contributed by atoms with Crippen LogP contribution in [0, 0.1) is 0 Å². The molecule has 2 heterocycles. The minimum absolute atomic E-state index is 0.126. The molecule has 2 aromatic carbocycles. The highest BCUT2D eigenvalue weighted by Crippen LogP contribution is 2.20. The Hall–Kier alpha value is -3.45. The van der Waals surface area contributed by atoms with Crippen molar-refractivity contribution in [2.75, 3.05) is 5.75 Å². The van der Waals surface area contributed by atoms with Crippen LogP contribution in [0.3, 0.4) is 0 Å². The molecule has 0 aliphatic rings. The van der Waals surface area contributed by atoms with Crippen molar-refractivity contribution in [3.63, 3.8) is 0 Å². The summed E-state index contributed by atoms with van der Waals surface area (Å²) in [5.41, 5.74) is 2.06. The number of rotatable bonds is 6. The van der Waals surface area contributed by atoms with Crippen LogP contribution in [0.2, 0.25) is 0 Å². The van der Waals surface area contributed by atoms with Gasteiger partial charge < -0.3 is 5.32 Å². The second-order valence-electron chi connectivity index (χ2n) is 6.31. The van der Waals surface area contributed by atoms with Gasteiger partial charge in [-0.1, -0.05) is 54.2 Å². The van der Waals surface area contributed by atoms with Gasteiger partial charge in [-0.05, 0) is 29.8 Å². The molecule has 29 heavy (non-hydrogen) atoms. The van der Waals surface area contributed by atoms with Crippen LogP contribution in [0.15, 0.2) is 89.1 Å². The normalized spacial score (nSPS) is 10.8. The predicted molar refractivity (Wildman–Crippen MR) is 114 cm³/mol. The van der Waals surface area contributed by atoms with Gasteiger partial charge in [0.1, 0.15) is 0 Å². The minimum atomic E-state index is -0.184. The number of benzene rings is 2. The molecule has 0 unspecified atom stereocenters. The van der Waals surface area contributed by atoms with E-state index in [-0.39, 0.29) is 17.2 Å². The summed E-state index contributed by atoms with van der Waals surface area (Å²) in [6, 6.07) is 20.5. The number of hydrogen-bond donors (Lipinski definition) is 1. The Kier molecular flexibility index (Phi) is 5.67. The van der Waals surface area contributed by atoms with Gasteiger partial charge in [-0.15, -0.1) is 0 Å². The van der Waals surface area contributed by atoms with Gasteiger partial charge in [-0.25, -0.2) is 4.98 Å². The zero-order chi connectivity index (χ0) is 20.1. The van der Waals surface area contributed by atoms with E-state index in [1.165, 1.54) is 16.3 Å². The van der Waals surface area contributed by atoms with E-state index in [1.54, 1.807) is 36.7 Å². The number of para-hydroxylation sites is 1. The summed E-state index contributed by atoms with van der Waals surface area (Å²) in [6.07, 6.45) is 3.25. The lowest BCUT2D eigenvalue weighted by Gasteiger charge is -2.13. The second-order valence-corrected chi connectivity index (χ2v) is 7.26. The van der Waals surface area contributed by atoms with Crippen LogP contribution in [-0.2, 0) is 11.3 Å². The Morgan fingerprint density at radius 3 is 2.59 bits per heavy atom. The maximum atomic E-state index is 13.1. The van der Waals surface area contributed by atoms with E-state index in [0.29, 0.717) is 28.3 Å². The molecule has 144 valence electrons. The third kappa shape index (κ3) is 4.35. The molecule has 7 heteroatoms. The highest BCUT2D eigenvalue weighted by atomic mass is 32.2. The summed E-state index contributed by atoms with van der Waals surface area (Å²) >= 11 is 1.23. The summed E-state index contributed by atoms with van der Waals surface area (Å²) in [7, 11) is 0. The molecule has 0 aliphatic heterocycles. The first-order valence-electron chi connectivity index (χ1n) is 9.08. The van der Waals surface area contributed by atoms with E-state index in [2.05, 4.69) is 15.3 Å². The second kappa shape index (κ2) is 8.70. The summed E-state index contributed by atoms with van der Waals surface area (Å²) < 4.78 is 1.50. The van der Waals surface area contributed by atoms with Crippen LogP contribution >= 0.6 is 11.8 Å². The van der Waals surface area contributed by atoms with Crippen molar-refractivity contribution in [2.24, 2.45) is 0 Å². The number of carbonyl (C=O) groups excluding carboxylic acids is 1. The van der Waals surface area contributed by atoms with Crippen LogP contribution < -0.4 is 10.9 Å². The lowest BCUT2D eigenvalue weighted by Crippen LogP contribution is -2.26. The lowest BCUT2D eigenvalue weighted by molar-refractivity contribution is -0.118. The summed E-state index contributed by atoms with van der Waals surface area (Å²) in [6.45, 7) is 0.459. The van der Waals surface area contributed by atoms with Crippen LogP contribution in [-0.4, -0.2) is 26.2 Å². The Morgan fingerprint density at radius 2 is 1.79 bits per heavy atom. The highest BCUT2D eigenvalue weighted by Gasteiger charge is 2.14. The monoisotopic (exact) mass is 402 g/mol. The van der Waals surface area contributed by atoms with Crippen molar-refractivity contribution in [3.8, 4) is 5.69 Å². The first-order valence-corrected chi connectivity index (χ1v) is 10.1. The first-order chi connectivity index (χ1) is 14.2. The molecule has 0 spiro atoms. The first kappa shape index (κ1) is 18.9. The van der Waals surface area contributed by atoms with Gasteiger partial charge in [-0.3, -0.25) is 19.1 Å². The molecule has 4 aromatic rings. The average molecular weight is 402 g/mol. The van der Waals surface area contributed by atoms with Crippen molar-refractivity contribution in [1.82, 2.24) is 19.9 Å². The molecule has 4 rings (SSSR count).